The Bertz CT molecular complexity index is 2580. The third kappa shape index (κ3) is 17.3. The van der Waals surface area contributed by atoms with Crippen molar-refractivity contribution in [3.05, 3.63) is 0 Å². The standard InChI is InChI=1S/C24H40N2O39S6/c27-7-5(25-66(37,38)39)21(36)57-3(1-55-68(43,44)45)12(7)59-24-17(65-71(52,53)54)11(31)14(18(63-24)20(34)35)61-22-6(26-67(40,41)42)8(28)13(4(58-22)2-56-69(46,47)48)60-23-16(64-70(49,50)51)10(30)9(29)15(62-23)19(32)33/h3-18,21-31,36H,1-2H2,(H,32,33)(H,34,35)(H,37,38,39)(H,40,41,42)(H,43,44,45)(H,46,47,48)(H,49,50,51)(H,52,53,54)/t3-,4-,5-,6-,7-,8-,9+,10+,11+,12-,13-,14+,15?,16-,17-,18-,21+,22-,23-,24-/m1/s1. The molecule has 4 rings (SSSR count). The van der Waals surface area contributed by atoms with E-state index in [1.54, 1.807) is 0 Å². The van der Waals surface area contributed by atoms with E-state index in [1.165, 1.54) is 9.44 Å². The summed E-state index contributed by atoms with van der Waals surface area (Å²) < 4.78 is 253. The quantitative estimate of drug-likeness (QED) is 0.0448. The van der Waals surface area contributed by atoms with Gasteiger partial charge in [0.1, 0.15) is 73.1 Å². The number of carboxylic acids is 2. The smallest absolute Gasteiger partial charge is 0.397 e. The van der Waals surface area contributed by atoms with Crippen LogP contribution < -0.4 is 9.44 Å². The molecule has 1 unspecified atom stereocenters. The Morgan fingerprint density at radius 2 is 0.803 bits per heavy atom. The number of aliphatic hydroxyl groups is 6. The largest absolute Gasteiger partial charge is 0.479 e. The summed E-state index contributed by atoms with van der Waals surface area (Å²) in [5.41, 5.74) is 0. The van der Waals surface area contributed by atoms with Gasteiger partial charge >= 0.3 is 74.1 Å². The molecule has 0 aromatic carbocycles. The summed E-state index contributed by atoms with van der Waals surface area (Å²) in [5, 5.41) is 84.8. The summed E-state index contributed by atoms with van der Waals surface area (Å²) in [4.78, 5) is 24.5. The van der Waals surface area contributed by atoms with Crippen LogP contribution in [0.2, 0.25) is 0 Å². The number of nitrogens with one attached hydrogen (secondary N) is 2. The number of hydrogen-bond donors (Lipinski definition) is 16. The van der Waals surface area contributed by atoms with Crippen LogP contribution in [0.1, 0.15) is 0 Å². The Labute approximate surface area is 396 Å². The molecule has 4 aliphatic heterocycles. The van der Waals surface area contributed by atoms with Crippen molar-refractivity contribution < 1.29 is 178 Å². The first-order valence-corrected chi connectivity index (χ1v) is 26.6. The van der Waals surface area contributed by atoms with E-state index in [-0.39, 0.29) is 0 Å². The number of carbonyl (C=O) groups is 2. The van der Waals surface area contributed by atoms with E-state index in [2.05, 4.69) is 16.7 Å². The van der Waals surface area contributed by atoms with Gasteiger partial charge in [-0.15, -0.1) is 0 Å². The summed E-state index contributed by atoms with van der Waals surface area (Å²) in [6.07, 6.45) is -50.5. The molecule has 0 spiro atoms. The van der Waals surface area contributed by atoms with Crippen LogP contribution in [-0.2, 0) is 122 Å². The van der Waals surface area contributed by atoms with Crippen molar-refractivity contribution in [2.45, 2.75) is 123 Å². The van der Waals surface area contributed by atoms with E-state index >= 15 is 0 Å². The van der Waals surface area contributed by atoms with Crippen molar-refractivity contribution in [3.8, 4) is 0 Å². The van der Waals surface area contributed by atoms with Gasteiger partial charge in [0.05, 0.1) is 13.2 Å². The molecule has 4 fully saturated rings. The molecule has 416 valence electrons. The summed E-state index contributed by atoms with van der Waals surface area (Å²) in [6.45, 7) is -3.32. The van der Waals surface area contributed by atoms with Crippen LogP contribution in [-0.4, -0.2) is 267 Å². The second-order valence-corrected chi connectivity index (χ2v) is 21.2. The maximum absolute atomic E-state index is 12.7. The molecular weight excluding hydrogens is 1130 g/mol. The minimum atomic E-state index is -6.03. The van der Waals surface area contributed by atoms with Crippen LogP contribution in [0.4, 0.5) is 0 Å². The Morgan fingerprint density at radius 1 is 0.423 bits per heavy atom. The molecule has 0 amide bonds. The minimum absolute atomic E-state index is 1.21. The maximum Gasteiger partial charge on any atom is 0.397 e. The van der Waals surface area contributed by atoms with Crippen molar-refractivity contribution in [3.63, 3.8) is 0 Å². The van der Waals surface area contributed by atoms with Gasteiger partial charge in [0.25, 0.3) is 0 Å². The second kappa shape index (κ2) is 22.9. The highest BCUT2D eigenvalue weighted by Crippen LogP contribution is 2.37. The van der Waals surface area contributed by atoms with Crippen molar-refractivity contribution in [1.82, 2.24) is 9.44 Å². The van der Waals surface area contributed by atoms with E-state index in [4.69, 9.17) is 37.7 Å². The van der Waals surface area contributed by atoms with Crippen LogP contribution in [0.5, 0.6) is 0 Å². The molecule has 0 bridgehead atoms. The molecule has 16 N–H and O–H groups in total. The normalized spacial score (nSPS) is 39.2. The van der Waals surface area contributed by atoms with Gasteiger partial charge in [0.15, 0.2) is 49.6 Å². The van der Waals surface area contributed by atoms with Crippen molar-refractivity contribution in [2.75, 3.05) is 13.2 Å². The van der Waals surface area contributed by atoms with Crippen LogP contribution in [0.25, 0.3) is 0 Å². The highest BCUT2D eigenvalue weighted by atomic mass is 32.3. The van der Waals surface area contributed by atoms with Gasteiger partial charge in [-0.1, -0.05) is 0 Å². The Balaban J connectivity index is 1.81. The van der Waals surface area contributed by atoms with Crippen LogP contribution >= 0.6 is 0 Å². The lowest BCUT2D eigenvalue weighted by Crippen LogP contribution is -2.70. The van der Waals surface area contributed by atoms with Crippen molar-refractivity contribution in [1.29, 1.82) is 0 Å². The maximum atomic E-state index is 12.7. The van der Waals surface area contributed by atoms with Gasteiger partial charge in [-0.2, -0.15) is 60.0 Å². The fourth-order valence-electron chi connectivity index (χ4n) is 6.87. The average molecular weight is 1170 g/mol. The molecule has 71 heavy (non-hydrogen) atoms. The molecular formula is C24H40N2O39S6. The van der Waals surface area contributed by atoms with Gasteiger partial charge in [-0.25, -0.2) is 26.3 Å². The Kier molecular flexibility index (Phi) is 19.7. The SMILES string of the molecule is O=C(O)C1O[C@@H](O[C@H]2[C@H](O)[C@@H](NS(=O)(=O)O)[C@@H](O[C@H]3[C@H](O)[C@@H](OS(=O)(=O)O)[C@H](O[C@H]4[C@H](O)[C@@H](NS(=O)(=O)O)[C@@H](O)O[C@@H]4COS(=O)(=O)O)O[C@H]3C(=O)O)O[C@@H]2COS(=O)(=O)O)[C@H](OS(=O)(=O)O)[C@@H](O)[C@@H]1O. The van der Waals surface area contributed by atoms with Gasteiger partial charge in [0.2, 0.25) is 0 Å². The predicted molar refractivity (Wildman–Crippen MR) is 202 cm³/mol. The lowest BCUT2D eigenvalue weighted by molar-refractivity contribution is -0.367. The number of rotatable bonds is 22. The monoisotopic (exact) mass is 1170 g/mol. The molecule has 0 aromatic rings. The lowest BCUT2D eigenvalue weighted by atomic mass is 9.94. The molecule has 4 saturated heterocycles. The summed E-state index contributed by atoms with van der Waals surface area (Å²) in [6, 6.07) is -5.35. The highest BCUT2D eigenvalue weighted by Gasteiger charge is 2.59. The summed E-state index contributed by atoms with van der Waals surface area (Å²) in [7, 11) is -34.2. The molecule has 0 radical (unpaired) electrons. The Morgan fingerprint density at radius 3 is 1.21 bits per heavy atom. The van der Waals surface area contributed by atoms with E-state index < -0.39 is 210 Å². The topological polar surface area (TPSA) is 648 Å². The summed E-state index contributed by atoms with van der Waals surface area (Å²) >= 11 is 0. The van der Waals surface area contributed by atoms with E-state index in [1.807, 2.05) is 0 Å². The van der Waals surface area contributed by atoms with Crippen LogP contribution in [0.15, 0.2) is 0 Å². The first kappa shape index (κ1) is 61.2. The Hall–Kier alpha value is -2.36. The van der Waals surface area contributed by atoms with Crippen LogP contribution in [0.3, 0.4) is 0 Å². The fraction of sp³-hybridized carbons (Fsp3) is 0.917. The van der Waals surface area contributed by atoms with E-state index in [9.17, 15) is 124 Å². The highest BCUT2D eigenvalue weighted by molar-refractivity contribution is 7.84. The van der Waals surface area contributed by atoms with Crippen molar-refractivity contribution >= 4 is 74.1 Å². The molecule has 47 heteroatoms. The number of aliphatic carboxylic acids is 2. The number of hydrogen-bond acceptors (Lipinski definition) is 31. The van der Waals surface area contributed by atoms with Crippen LogP contribution in [0, 0.1) is 0 Å². The first-order chi connectivity index (χ1) is 32.1. The van der Waals surface area contributed by atoms with E-state index in [0.717, 1.165) is 0 Å². The number of aliphatic hydroxyl groups excluding tert-OH is 6. The van der Waals surface area contributed by atoms with Gasteiger partial charge in [0, 0.05) is 0 Å². The lowest BCUT2D eigenvalue weighted by Gasteiger charge is -2.49. The predicted octanol–water partition coefficient (Wildman–Crippen LogP) is -11.5. The fourth-order valence-corrected chi connectivity index (χ4v) is 9.64. The number of ether oxygens (including phenoxy) is 7. The summed E-state index contributed by atoms with van der Waals surface area (Å²) in [5.74, 6) is -4.55. The minimum Gasteiger partial charge on any atom is -0.479 e. The third-order valence-corrected chi connectivity index (χ3v) is 12.5. The molecule has 20 atom stereocenters. The second-order valence-electron chi connectivity index (χ2n) is 14.5. The average Bonchev–Trinajstić information content (AvgIpc) is 3.17. The van der Waals surface area contributed by atoms with E-state index in [0.29, 0.717) is 0 Å². The molecule has 41 nitrogen and oxygen atoms in total. The zero-order valence-electron chi connectivity index (χ0n) is 33.9. The molecule has 0 aliphatic carbocycles. The zero-order chi connectivity index (χ0) is 54.3. The van der Waals surface area contributed by atoms with Gasteiger partial charge < -0.3 is 74.0 Å². The number of carboxylic acid groups (broad SMARTS) is 2. The third-order valence-electron chi connectivity index (χ3n) is 9.59. The molecule has 4 aliphatic rings. The molecule has 0 aromatic heterocycles. The molecule has 0 saturated carbocycles. The first-order valence-electron chi connectivity index (χ1n) is 18.2. The zero-order valence-corrected chi connectivity index (χ0v) is 38.8. The van der Waals surface area contributed by atoms with Crippen molar-refractivity contribution in [2.24, 2.45) is 0 Å². The van der Waals surface area contributed by atoms with Gasteiger partial charge in [-0.3, -0.25) is 27.3 Å². The van der Waals surface area contributed by atoms with Gasteiger partial charge in [-0.05, 0) is 0 Å². The molecule has 4 heterocycles.